The van der Waals surface area contributed by atoms with Gasteiger partial charge >= 0.3 is 0 Å². The lowest BCUT2D eigenvalue weighted by Crippen LogP contribution is -2.00. The van der Waals surface area contributed by atoms with Crippen molar-refractivity contribution in [2.75, 3.05) is 5.73 Å². The standard InChI is InChI=1S/C16H11N7.CH2O2/c17-6-11-10(14-7-19-8-20-14)5-13(21-16(11)18)15-9-3-1-2-4-12(9)22-23-15;2-1-3/h1-5,7-8H,(H2,18,21)(H,19,20)(H,22,23);1H,(H,2,3). The number of nitrogen functional groups attached to an aromatic ring is 1. The van der Waals surface area contributed by atoms with Gasteiger partial charge in [-0.05, 0) is 12.1 Å². The number of carboxylic acid groups (broad SMARTS) is 1. The average Bonchev–Trinajstić information content (AvgIpc) is 3.31. The first-order valence-electron chi connectivity index (χ1n) is 7.40. The van der Waals surface area contributed by atoms with Crippen molar-refractivity contribution >= 4 is 23.2 Å². The number of para-hydroxylation sites is 1. The molecule has 4 aromatic rings. The van der Waals surface area contributed by atoms with E-state index in [-0.39, 0.29) is 12.3 Å². The van der Waals surface area contributed by atoms with E-state index in [1.165, 1.54) is 0 Å². The van der Waals surface area contributed by atoms with Gasteiger partial charge in [-0.3, -0.25) is 9.89 Å². The minimum atomic E-state index is -0.250. The van der Waals surface area contributed by atoms with Gasteiger partial charge in [0.05, 0.1) is 29.4 Å². The van der Waals surface area contributed by atoms with Crippen LogP contribution in [-0.4, -0.2) is 36.7 Å². The molecule has 0 aliphatic rings. The molecule has 0 saturated heterocycles. The number of anilines is 1. The van der Waals surface area contributed by atoms with Crippen LogP contribution in [0.4, 0.5) is 5.82 Å². The second kappa shape index (κ2) is 7.14. The Morgan fingerprint density at radius 1 is 1.31 bits per heavy atom. The number of hydrogen-bond acceptors (Lipinski definition) is 6. The molecule has 3 aromatic heterocycles. The molecule has 0 radical (unpaired) electrons. The Bertz CT molecular complexity index is 1090. The van der Waals surface area contributed by atoms with Crippen molar-refractivity contribution in [3.05, 3.63) is 48.4 Å². The van der Waals surface area contributed by atoms with Crippen molar-refractivity contribution in [2.45, 2.75) is 0 Å². The third kappa shape index (κ3) is 2.94. The van der Waals surface area contributed by atoms with Crippen LogP contribution in [0, 0.1) is 11.3 Å². The molecule has 0 unspecified atom stereocenters. The number of nitrogens with zero attached hydrogens (tertiary/aromatic N) is 4. The summed E-state index contributed by atoms with van der Waals surface area (Å²) in [6.07, 6.45) is 3.19. The number of nitrogens with one attached hydrogen (secondary N) is 2. The van der Waals surface area contributed by atoms with E-state index in [9.17, 15) is 5.26 Å². The molecule has 0 bridgehead atoms. The number of pyridine rings is 1. The number of nitrogens with two attached hydrogens (primary N) is 1. The van der Waals surface area contributed by atoms with Crippen LogP contribution in [0.3, 0.4) is 0 Å². The lowest BCUT2D eigenvalue weighted by atomic mass is 10.0. The zero-order chi connectivity index (χ0) is 18.5. The van der Waals surface area contributed by atoms with E-state index >= 15 is 0 Å². The van der Waals surface area contributed by atoms with Gasteiger partial charge < -0.3 is 15.8 Å². The van der Waals surface area contributed by atoms with Crippen LogP contribution in [0.5, 0.6) is 0 Å². The molecular formula is C17H13N7O2. The van der Waals surface area contributed by atoms with Crippen molar-refractivity contribution in [1.82, 2.24) is 25.1 Å². The van der Waals surface area contributed by atoms with Gasteiger partial charge in [-0.25, -0.2) is 9.97 Å². The smallest absolute Gasteiger partial charge is 0.290 e. The molecule has 0 aliphatic carbocycles. The lowest BCUT2D eigenvalue weighted by molar-refractivity contribution is -0.122. The van der Waals surface area contributed by atoms with Crippen molar-refractivity contribution in [3.8, 4) is 28.7 Å². The van der Waals surface area contributed by atoms with Crippen LogP contribution in [0.25, 0.3) is 33.5 Å². The summed E-state index contributed by atoms with van der Waals surface area (Å²) in [6.45, 7) is -0.250. The Kier molecular flexibility index (Phi) is 4.58. The third-order valence-corrected chi connectivity index (χ3v) is 3.66. The third-order valence-electron chi connectivity index (χ3n) is 3.66. The summed E-state index contributed by atoms with van der Waals surface area (Å²) in [5, 5.41) is 24.5. The zero-order valence-corrected chi connectivity index (χ0v) is 13.3. The number of carbonyl (C=O) groups is 1. The topological polar surface area (TPSA) is 157 Å². The summed E-state index contributed by atoms with van der Waals surface area (Å²) < 4.78 is 0. The summed E-state index contributed by atoms with van der Waals surface area (Å²) >= 11 is 0. The van der Waals surface area contributed by atoms with E-state index in [1.54, 1.807) is 18.6 Å². The highest BCUT2D eigenvalue weighted by Gasteiger charge is 2.17. The second-order valence-electron chi connectivity index (χ2n) is 5.12. The van der Waals surface area contributed by atoms with Gasteiger partial charge in [-0.15, -0.1) is 0 Å². The number of H-pyrrole nitrogens is 2. The summed E-state index contributed by atoms with van der Waals surface area (Å²) in [7, 11) is 0. The fourth-order valence-corrected chi connectivity index (χ4v) is 2.58. The van der Waals surface area contributed by atoms with Crippen LogP contribution in [0.1, 0.15) is 5.56 Å². The van der Waals surface area contributed by atoms with Gasteiger partial charge in [0.25, 0.3) is 6.47 Å². The van der Waals surface area contributed by atoms with Crippen molar-refractivity contribution in [2.24, 2.45) is 0 Å². The minimum absolute atomic E-state index is 0.168. The first-order chi connectivity index (χ1) is 12.7. The first-order valence-corrected chi connectivity index (χ1v) is 7.40. The Balaban J connectivity index is 0.000000613. The van der Waals surface area contributed by atoms with Crippen molar-refractivity contribution in [3.63, 3.8) is 0 Å². The SMILES string of the molecule is N#Cc1c(-c2cnc[nH]2)cc(-c2n[nH]c3ccccc23)nc1N.O=CO. The molecule has 26 heavy (non-hydrogen) atoms. The molecular weight excluding hydrogens is 334 g/mol. The predicted molar refractivity (Wildman–Crippen MR) is 94.7 cm³/mol. The molecule has 0 fully saturated rings. The van der Waals surface area contributed by atoms with Gasteiger partial charge in [0.1, 0.15) is 23.1 Å². The number of nitriles is 1. The van der Waals surface area contributed by atoms with Crippen molar-refractivity contribution < 1.29 is 9.90 Å². The summed E-state index contributed by atoms with van der Waals surface area (Å²) in [4.78, 5) is 19.7. The van der Waals surface area contributed by atoms with E-state index in [0.29, 0.717) is 28.2 Å². The van der Waals surface area contributed by atoms with E-state index in [4.69, 9.17) is 15.6 Å². The molecule has 0 spiro atoms. The van der Waals surface area contributed by atoms with E-state index < -0.39 is 0 Å². The highest BCUT2D eigenvalue weighted by Crippen LogP contribution is 2.31. The monoisotopic (exact) mass is 347 g/mol. The van der Waals surface area contributed by atoms with Gasteiger partial charge in [0.15, 0.2) is 0 Å². The summed E-state index contributed by atoms with van der Waals surface area (Å²) in [5.74, 6) is 0.168. The van der Waals surface area contributed by atoms with Crippen LogP contribution in [-0.2, 0) is 4.79 Å². The Labute approximate surface area is 147 Å². The highest BCUT2D eigenvalue weighted by molar-refractivity contribution is 5.93. The predicted octanol–water partition coefficient (Wildman–Crippen LogP) is 2.17. The molecule has 0 amide bonds. The molecule has 9 heteroatoms. The molecule has 5 N–H and O–H groups in total. The molecule has 0 atom stereocenters. The normalized spacial score (nSPS) is 9.96. The number of fused-ring (bicyclic) bond motifs is 1. The summed E-state index contributed by atoms with van der Waals surface area (Å²) in [6, 6.07) is 11.7. The largest absolute Gasteiger partial charge is 0.483 e. The number of hydrogen-bond donors (Lipinski definition) is 4. The molecule has 1 aromatic carbocycles. The van der Waals surface area contributed by atoms with Gasteiger partial charge in [-0.2, -0.15) is 10.4 Å². The number of imidazole rings is 1. The summed E-state index contributed by atoms with van der Waals surface area (Å²) in [5.41, 5.74) is 9.86. The number of aromatic amines is 2. The molecule has 4 rings (SSSR count). The van der Waals surface area contributed by atoms with Crippen LogP contribution in [0.15, 0.2) is 42.9 Å². The van der Waals surface area contributed by atoms with E-state index in [0.717, 1.165) is 10.9 Å². The molecule has 9 nitrogen and oxygen atoms in total. The van der Waals surface area contributed by atoms with Crippen molar-refractivity contribution in [1.29, 1.82) is 5.26 Å². The van der Waals surface area contributed by atoms with Crippen LogP contribution in [0.2, 0.25) is 0 Å². The fourth-order valence-electron chi connectivity index (χ4n) is 2.58. The van der Waals surface area contributed by atoms with E-state index in [2.05, 4.69) is 31.2 Å². The Hall–Kier alpha value is -4.19. The molecule has 0 aliphatic heterocycles. The highest BCUT2D eigenvalue weighted by atomic mass is 16.3. The molecule has 128 valence electrons. The number of rotatable bonds is 2. The minimum Gasteiger partial charge on any atom is -0.483 e. The van der Waals surface area contributed by atoms with Gasteiger partial charge in [0, 0.05) is 10.9 Å². The first kappa shape index (κ1) is 16.7. The quantitative estimate of drug-likeness (QED) is 0.404. The fraction of sp³-hybridized carbons (Fsp3) is 0. The Morgan fingerprint density at radius 3 is 2.77 bits per heavy atom. The Morgan fingerprint density at radius 2 is 2.08 bits per heavy atom. The zero-order valence-electron chi connectivity index (χ0n) is 13.3. The number of aromatic nitrogens is 5. The maximum Gasteiger partial charge on any atom is 0.290 e. The lowest BCUT2D eigenvalue weighted by Gasteiger charge is -2.07. The van der Waals surface area contributed by atoms with E-state index in [1.807, 2.05) is 24.3 Å². The van der Waals surface area contributed by atoms with Crippen LogP contribution >= 0.6 is 0 Å². The van der Waals surface area contributed by atoms with Crippen LogP contribution < -0.4 is 5.73 Å². The molecule has 0 saturated carbocycles. The maximum absolute atomic E-state index is 9.37. The average molecular weight is 347 g/mol. The maximum atomic E-state index is 9.37. The van der Waals surface area contributed by atoms with Gasteiger partial charge in [0.2, 0.25) is 0 Å². The number of benzene rings is 1. The van der Waals surface area contributed by atoms with Gasteiger partial charge in [-0.1, -0.05) is 18.2 Å². The second-order valence-corrected chi connectivity index (χ2v) is 5.12. The molecule has 3 heterocycles.